The number of amides is 1. The summed E-state index contributed by atoms with van der Waals surface area (Å²) in [7, 11) is 1.80. The molecule has 1 unspecified atom stereocenters. The number of para-hydroxylation sites is 2. The number of nitrogens with zero attached hydrogens (tertiary/aromatic N) is 2. The van der Waals surface area contributed by atoms with Crippen molar-refractivity contribution >= 4 is 34.4 Å². The summed E-state index contributed by atoms with van der Waals surface area (Å²) in [5.74, 6) is -0.0107. The van der Waals surface area contributed by atoms with Gasteiger partial charge in [0.15, 0.2) is 11.0 Å². The zero-order valence-electron chi connectivity index (χ0n) is 10.8. The van der Waals surface area contributed by atoms with E-state index in [-0.39, 0.29) is 17.0 Å². The zero-order valence-corrected chi connectivity index (χ0v) is 11.5. The van der Waals surface area contributed by atoms with E-state index in [9.17, 15) is 4.79 Å². The van der Waals surface area contributed by atoms with Gasteiger partial charge in [-0.05, 0) is 19.2 Å². The predicted octanol–water partition coefficient (Wildman–Crippen LogP) is 2.08. The number of nitrogens with one attached hydrogen (secondary N) is 2. The normalized spacial score (nSPS) is 12.4. The van der Waals surface area contributed by atoms with Crippen molar-refractivity contribution in [1.29, 1.82) is 0 Å². The Bertz CT molecular complexity index is 602. The molecule has 1 aromatic heterocycles. The van der Waals surface area contributed by atoms with Crippen molar-refractivity contribution in [1.82, 2.24) is 15.3 Å². The van der Waals surface area contributed by atoms with Crippen LogP contribution in [-0.4, -0.2) is 29.5 Å². The molecule has 0 spiro atoms. The second kappa shape index (κ2) is 5.95. The number of rotatable bonds is 4. The summed E-state index contributed by atoms with van der Waals surface area (Å²) in [6.07, 6.45) is 0. The first-order valence-corrected chi connectivity index (χ1v) is 6.37. The fourth-order valence-electron chi connectivity index (χ4n) is 1.70. The van der Waals surface area contributed by atoms with Crippen LogP contribution in [0.3, 0.4) is 0 Å². The largest absolute Gasteiger partial charge is 0.319 e. The van der Waals surface area contributed by atoms with Crippen LogP contribution in [0.5, 0.6) is 0 Å². The second-order valence-corrected chi connectivity index (χ2v) is 4.66. The fourth-order valence-corrected chi connectivity index (χ4v) is 1.88. The number of anilines is 1. The summed E-state index contributed by atoms with van der Waals surface area (Å²) in [5, 5.41) is 5.85. The van der Waals surface area contributed by atoms with Crippen molar-refractivity contribution in [3.05, 3.63) is 29.4 Å². The molecule has 1 atom stereocenters. The SMILES string of the molecule is CNCC(C)C(=O)Nc1nc2ccccc2nc1Cl. The topological polar surface area (TPSA) is 66.9 Å². The Morgan fingerprint density at radius 2 is 1.95 bits per heavy atom. The first-order valence-electron chi connectivity index (χ1n) is 5.99. The third-order valence-electron chi connectivity index (χ3n) is 2.73. The van der Waals surface area contributed by atoms with Crippen molar-refractivity contribution in [2.75, 3.05) is 18.9 Å². The first kappa shape index (κ1) is 13.7. The van der Waals surface area contributed by atoms with Crippen LogP contribution in [0, 0.1) is 5.92 Å². The predicted molar refractivity (Wildman–Crippen MR) is 76.3 cm³/mol. The molecule has 100 valence electrons. The van der Waals surface area contributed by atoms with Crippen LogP contribution in [0.2, 0.25) is 5.15 Å². The minimum Gasteiger partial charge on any atom is -0.319 e. The quantitative estimate of drug-likeness (QED) is 0.899. The summed E-state index contributed by atoms with van der Waals surface area (Å²) in [4.78, 5) is 20.4. The Kier molecular flexibility index (Phi) is 4.29. The van der Waals surface area contributed by atoms with Crippen LogP contribution >= 0.6 is 11.6 Å². The molecule has 0 radical (unpaired) electrons. The van der Waals surface area contributed by atoms with Gasteiger partial charge in [0.05, 0.1) is 11.0 Å². The van der Waals surface area contributed by atoms with E-state index in [1.165, 1.54) is 0 Å². The van der Waals surface area contributed by atoms with Gasteiger partial charge in [0.2, 0.25) is 5.91 Å². The van der Waals surface area contributed by atoms with Crippen LogP contribution in [0.25, 0.3) is 11.0 Å². The Labute approximate surface area is 116 Å². The van der Waals surface area contributed by atoms with Gasteiger partial charge in [-0.25, -0.2) is 9.97 Å². The van der Waals surface area contributed by atoms with Gasteiger partial charge in [-0.3, -0.25) is 4.79 Å². The van der Waals surface area contributed by atoms with E-state index in [1.54, 1.807) is 7.05 Å². The minimum atomic E-state index is -0.172. The third kappa shape index (κ3) is 3.19. The molecule has 0 aliphatic heterocycles. The monoisotopic (exact) mass is 278 g/mol. The van der Waals surface area contributed by atoms with Gasteiger partial charge < -0.3 is 10.6 Å². The molecule has 1 aromatic carbocycles. The maximum Gasteiger partial charge on any atom is 0.229 e. The molecule has 19 heavy (non-hydrogen) atoms. The molecule has 0 bridgehead atoms. The Hall–Kier alpha value is -1.72. The maximum atomic E-state index is 11.9. The molecule has 0 aliphatic rings. The number of fused-ring (bicyclic) bond motifs is 1. The lowest BCUT2D eigenvalue weighted by Crippen LogP contribution is -2.29. The molecule has 2 aromatic rings. The number of benzene rings is 1. The molecule has 2 N–H and O–H groups in total. The number of halogens is 1. The van der Waals surface area contributed by atoms with Crippen molar-refractivity contribution in [3.8, 4) is 0 Å². The fraction of sp³-hybridized carbons (Fsp3) is 0.308. The summed E-state index contributed by atoms with van der Waals surface area (Å²) in [5.41, 5.74) is 1.40. The van der Waals surface area contributed by atoms with Crippen LogP contribution in [0.4, 0.5) is 5.82 Å². The highest BCUT2D eigenvalue weighted by Gasteiger charge is 2.15. The van der Waals surface area contributed by atoms with Crippen LogP contribution in [0.1, 0.15) is 6.92 Å². The molecule has 0 fully saturated rings. The van der Waals surface area contributed by atoms with Gasteiger partial charge in [-0.2, -0.15) is 0 Å². The Balaban J connectivity index is 2.25. The molecule has 0 aliphatic carbocycles. The van der Waals surface area contributed by atoms with E-state index in [1.807, 2.05) is 31.2 Å². The highest BCUT2D eigenvalue weighted by atomic mass is 35.5. The highest BCUT2D eigenvalue weighted by Crippen LogP contribution is 2.21. The van der Waals surface area contributed by atoms with E-state index in [2.05, 4.69) is 20.6 Å². The molecule has 0 saturated carbocycles. The zero-order chi connectivity index (χ0) is 13.8. The van der Waals surface area contributed by atoms with E-state index in [4.69, 9.17) is 11.6 Å². The molecule has 2 rings (SSSR count). The Morgan fingerprint density at radius 3 is 2.58 bits per heavy atom. The summed E-state index contributed by atoms with van der Waals surface area (Å²) in [6.45, 7) is 2.42. The third-order valence-corrected chi connectivity index (χ3v) is 2.99. The van der Waals surface area contributed by atoms with Gasteiger partial charge in [0.1, 0.15) is 0 Å². The molecule has 6 heteroatoms. The molecular formula is C13H15ClN4O. The number of hydrogen-bond acceptors (Lipinski definition) is 4. The number of aromatic nitrogens is 2. The molecule has 1 heterocycles. The average Bonchev–Trinajstić information content (AvgIpc) is 2.39. The lowest BCUT2D eigenvalue weighted by Gasteiger charge is -2.12. The van der Waals surface area contributed by atoms with Crippen LogP contribution < -0.4 is 10.6 Å². The van der Waals surface area contributed by atoms with E-state index in [0.717, 1.165) is 0 Å². The standard InChI is InChI=1S/C13H15ClN4O/c1-8(7-15-2)13(19)18-12-11(14)16-9-5-3-4-6-10(9)17-12/h3-6,8,15H,7H2,1-2H3,(H,17,18,19). The van der Waals surface area contributed by atoms with Crippen molar-refractivity contribution < 1.29 is 4.79 Å². The summed E-state index contributed by atoms with van der Waals surface area (Å²) < 4.78 is 0. The van der Waals surface area contributed by atoms with Gasteiger partial charge in [-0.1, -0.05) is 30.7 Å². The van der Waals surface area contributed by atoms with Gasteiger partial charge in [0, 0.05) is 12.5 Å². The molecule has 5 nitrogen and oxygen atoms in total. The van der Waals surface area contributed by atoms with Crippen molar-refractivity contribution in [3.63, 3.8) is 0 Å². The van der Waals surface area contributed by atoms with Gasteiger partial charge >= 0.3 is 0 Å². The highest BCUT2D eigenvalue weighted by molar-refractivity contribution is 6.32. The smallest absolute Gasteiger partial charge is 0.229 e. The number of carbonyl (C=O) groups excluding carboxylic acids is 1. The average molecular weight is 279 g/mol. The first-order chi connectivity index (χ1) is 9.11. The minimum absolute atomic E-state index is 0.138. The van der Waals surface area contributed by atoms with Gasteiger partial charge in [0.25, 0.3) is 0 Å². The lowest BCUT2D eigenvalue weighted by molar-refractivity contribution is -0.119. The number of hydrogen-bond donors (Lipinski definition) is 2. The Morgan fingerprint density at radius 1 is 1.32 bits per heavy atom. The molecule has 1 amide bonds. The van der Waals surface area contributed by atoms with Crippen molar-refractivity contribution in [2.24, 2.45) is 5.92 Å². The van der Waals surface area contributed by atoms with E-state index < -0.39 is 0 Å². The lowest BCUT2D eigenvalue weighted by atomic mass is 10.1. The van der Waals surface area contributed by atoms with E-state index >= 15 is 0 Å². The van der Waals surface area contributed by atoms with Crippen molar-refractivity contribution in [2.45, 2.75) is 6.92 Å². The molecular weight excluding hydrogens is 264 g/mol. The summed E-state index contributed by atoms with van der Waals surface area (Å²) in [6, 6.07) is 7.37. The second-order valence-electron chi connectivity index (χ2n) is 4.30. The van der Waals surface area contributed by atoms with Gasteiger partial charge in [-0.15, -0.1) is 0 Å². The maximum absolute atomic E-state index is 11.9. The van der Waals surface area contributed by atoms with E-state index in [0.29, 0.717) is 23.4 Å². The summed E-state index contributed by atoms with van der Waals surface area (Å²) >= 11 is 6.03. The molecule has 0 saturated heterocycles. The number of carbonyl (C=O) groups is 1. The van der Waals surface area contributed by atoms with Crippen LogP contribution in [0.15, 0.2) is 24.3 Å². The van der Waals surface area contributed by atoms with Crippen LogP contribution in [-0.2, 0) is 4.79 Å².